The van der Waals surface area contributed by atoms with Crippen molar-refractivity contribution in [2.45, 2.75) is 30.1 Å². The summed E-state index contributed by atoms with van der Waals surface area (Å²) >= 11 is 2.80. The molecule has 1 unspecified atom stereocenters. The summed E-state index contributed by atoms with van der Waals surface area (Å²) < 4.78 is 0. The third-order valence-electron chi connectivity index (χ3n) is 6.76. The van der Waals surface area contributed by atoms with E-state index in [9.17, 15) is 24.8 Å². The van der Waals surface area contributed by atoms with E-state index in [1.165, 1.54) is 40.8 Å². The lowest BCUT2D eigenvalue weighted by molar-refractivity contribution is -0.113. The van der Waals surface area contributed by atoms with Crippen molar-refractivity contribution in [3.05, 3.63) is 112 Å². The number of thiophene rings is 1. The second-order valence-electron chi connectivity index (χ2n) is 9.34. The first-order valence-corrected chi connectivity index (χ1v) is 14.5. The highest BCUT2D eigenvalue weighted by Crippen LogP contribution is 2.42. The average Bonchev–Trinajstić information content (AvgIpc) is 3.32. The van der Waals surface area contributed by atoms with E-state index < -0.39 is 11.9 Å². The van der Waals surface area contributed by atoms with Crippen LogP contribution in [0, 0.1) is 11.3 Å². The van der Waals surface area contributed by atoms with Crippen LogP contribution < -0.4 is 10.6 Å². The highest BCUT2D eigenvalue weighted by Gasteiger charge is 2.27. The molecule has 0 spiro atoms. The van der Waals surface area contributed by atoms with Crippen molar-refractivity contribution < 1.29 is 19.5 Å². The van der Waals surface area contributed by atoms with Crippen LogP contribution in [0.4, 0.5) is 10.7 Å². The molecule has 3 aromatic carbocycles. The minimum Gasteiger partial charge on any atom is -0.478 e. The maximum atomic E-state index is 12.8. The number of carboxylic acid groups (broad SMARTS) is 1. The Balaban J connectivity index is 1.21. The van der Waals surface area contributed by atoms with Crippen LogP contribution in [-0.2, 0) is 17.6 Å². The van der Waals surface area contributed by atoms with E-state index in [2.05, 4.69) is 28.8 Å². The molecule has 1 aliphatic rings. The van der Waals surface area contributed by atoms with Gasteiger partial charge in [0, 0.05) is 15.5 Å². The van der Waals surface area contributed by atoms with Crippen LogP contribution in [0.2, 0.25) is 0 Å². The van der Waals surface area contributed by atoms with Gasteiger partial charge in [-0.15, -0.1) is 23.1 Å². The Hall–Kier alpha value is -4.39. The number of hydrogen-bond donors (Lipinski definition) is 3. The van der Waals surface area contributed by atoms with Crippen LogP contribution in [0.3, 0.4) is 0 Å². The molecule has 7 nitrogen and oxygen atoms in total. The van der Waals surface area contributed by atoms with Gasteiger partial charge in [0.05, 0.1) is 22.4 Å². The molecule has 40 heavy (non-hydrogen) atoms. The number of thioether (sulfide) groups is 1. The zero-order chi connectivity index (χ0) is 28.1. The minimum atomic E-state index is -1.18. The van der Waals surface area contributed by atoms with Gasteiger partial charge in [0.25, 0.3) is 5.91 Å². The number of rotatable bonds is 8. The SMILES string of the molecule is N#Cc1c(NC(=O)CSc2cccc(NC(=O)c3ccccc3C(=O)O)c2)sc2c1CCC(c1ccccc1)C2. The molecular weight excluding hydrogens is 542 g/mol. The molecular formula is C31H25N3O4S2. The summed E-state index contributed by atoms with van der Waals surface area (Å²) in [6.07, 6.45) is 2.65. The number of nitrogens with one attached hydrogen (secondary N) is 2. The lowest BCUT2D eigenvalue weighted by atomic mass is 9.83. The minimum absolute atomic E-state index is 0.0643. The smallest absolute Gasteiger partial charge is 0.336 e. The average molecular weight is 568 g/mol. The van der Waals surface area contributed by atoms with E-state index in [-0.39, 0.29) is 22.8 Å². The molecule has 1 aliphatic carbocycles. The molecule has 0 bridgehead atoms. The monoisotopic (exact) mass is 567 g/mol. The maximum Gasteiger partial charge on any atom is 0.336 e. The molecule has 1 aromatic heterocycles. The number of anilines is 2. The standard InChI is InChI=1S/C31H25N3O4S2/c32-17-26-23-14-13-20(19-7-2-1-3-8-19)15-27(23)40-30(26)34-28(35)18-39-22-10-6-9-21(16-22)33-29(36)24-11-4-5-12-25(24)31(37)38/h1-12,16,20H,13-15,18H2,(H,33,36)(H,34,35)(H,37,38). The van der Waals surface area contributed by atoms with Crippen LogP contribution in [0.1, 0.15) is 54.6 Å². The third kappa shape index (κ3) is 6.09. The van der Waals surface area contributed by atoms with Gasteiger partial charge < -0.3 is 15.7 Å². The number of nitriles is 1. The highest BCUT2D eigenvalue weighted by atomic mass is 32.2. The number of fused-ring (bicyclic) bond motifs is 1. The fourth-order valence-corrected chi connectivity index (χ4v) is 6.89. The predicted octanol–water partition coefficient (Wildman–Crippen LogP) is 6.57. The molecule has 1 atom stereocenters. The van der Waals surface area contributed by atoms with Crippen LogP contribution in [0.25, 0.3) is 0 Å². The molecule has 1 heterocycles. The number of carbonyl (C=O) groups is 3. The Labute approximate surface area is 239 Å². The molecule has 2 amide bonds. The molecule has 3 N–H and O–H groups in total. The van der Waals surface area contributed by atoms with Gasteiger partial charge in [0.1, 0.15) is 11.1 Å². The third-order valence-corrected chi connectivity index (χ3v) is 8.93. The summed E-state index contributed by atoms with van der Waals surface area (Å²) in [5.41, 5.74) is 3.39. The zero-order valence-corrected chi connectivity index (χ0v) is 23.0. The Morgan fingerprint density at radius 3 is 2.48 bits per heavy atom. The van der Waals surface area contributed by atoms with E-state index in [1.807, 2.05) is 24.3 Å². The van der Waals surface area contributed by atoms with E-state index in [1.54, 1.807) is 30.3 Å². The summed E-state index contributed by atoms with van der Waals surface area (Å²) in [5, 5.41) is 25.5. The van der Waals surface area contributed by atoms with E-state index >= 15 is 0 Å². The fourth-order valence-electron chi connectivity index (χ4n) is 4.84. The quantitative estimate of drug-likeness (QED) is 0.207. The van der Waals surface area contributed by atoms with Gasteiger partial charge in [-0.25, -0.2) is 4.79 Å². The molecule has 0 fully saturated rings. The second-order valence-corrected chi connectivity index (χ2v) is 11.5. The van der Waals surface area contributed by atoms with Crippen LogP contribution in [-0.4, -0.2) is 28.6 Å². The first kappa shape index (κ1) is 27.2. The number of hydrogen-bond acceptors (Lipinski definition) is 6. The summed E-state index contributed by atoms with van der Waals surface area (Å²) in [6, 6.07) is 25.7. The van der Waals surface area contributed by atoms with Gasteiger partial charge in [-0.05, 0) is 66.6 Å². The van der Waals surface area contributed by atoms with Gasteiger partial charge in [-0.1, -0.05) is 48.5 Å². The Bertz CT molecular complexity index is 1630. The van der Waals surface area contributed by atoms with Gasteiger partial charge in [0.2, 0.25) is 5.91 Å². The molecule has 9 heteroatoms. The number of nitrogens with zero attached hydrogens (tertiary/aromatic N) is 1. The van der Waals surface area contributed by atoms with Crippen LogP contribution in [0.15, 0.2) is 83.8 Å². The van der Waals surface area contributed by atoms with Crippen molar-refractivity contribution in [2.24, 2.45) is 0 Å². The molecule has 5 rings (SSSR count). The van der Waals surface area contributed by atoms with E-state index in [0.717, 1.165) is 34.6 Å². The van der Waals surface area contributed by atoms with Gasteiger partial charge in [-0.3, -0.25) is 9.59 Å². The lowest BCUT2D eigenvalue weighted by Gasteiger charge is -2.22. The Morgan fingerprint density at radius 1 is 0.975 bits per heavy atom. The summed E-state index contributed by atoms with van der Waals surface area (Å²) in [7, 11) is 0. The second kappa shape index (κ2) is 12.2. The predicted molar refractivity (Wildman–Crippen MR) is 157 cm³/mol. The molecule has 0 aliphatic heterocycles. The topological polar surface area (TPSA) is 119 Å². The van der Waals surface area contributed by atoms with Crippen LogP contribution >= 0.6 is 23.1 Å². The van der Waals surface area contributed by atoms with Crippen molar-refractivity contribution in [3.63, 3.8) is 0 Å². The summed E-state index contributed by atoms with van der Waals surface area (Å²) in [5.74, 6) is -1.39. The molecule has 200 valence electrons. The Morgan fingerprint density at radius 2 is 1.73 bits per heavy atom. The summed E-state index contributed by atoms with van der Waals surface area (Å²) in [4.78, 5) is 38.9. The maximum absolute atomic E-state index is 12.8. The van der Waals surface area contributed by atoms with Gasteiger partial charge in [0.15, 0.2) is 0 Å². The van der Waals surface area contributed by atoms with Gasteiger partial charge in [-0.2, -0.15) is 5.26 Å². The number of carbonyl (C=O) groups excluding carboxylic acids is 2. The van der Waals surface area contributed by atoms with E-state index in [0.29, 0.717) is 22.2 Å². The number of amides is 2. The largest absolute Gasteiger partial charge is 0.478 e. The number of aromatic carboxylic acids is 1. The number of carboxylic acids is 1. The normalized spacial score (nSPS) is 14.0. The molecule has 0 radical (unpaired) electrons. The first-order chi connectivity index (χ1) is 19.4. The van der Waals surface area contributed by atoms with Crippen molar-refractivity contribution in [1.82, 2.24) is 0 Å². The fraction of sp³-hybridized carbons (Fsp3) is 0.161. The molecule has 4 aromatic rings. The van der Waals surface area contributed by atoms with Crippen molar-refractivity contribution in [2.75, 3.05) is 16.4 Å². The Kier molecular flexibility index (Phi) is 8.29. The lowest BCUT2D eigenvalue weighted by Crippen LogP contribution is -2.16. The van der Waals surface area contributed by atoms with Crippen molar-refractivity contribution in [1.29, 1.82) is 5.26 Å². The number of benzene rings is 3. The first-order valence-electron chi connectivity index (χ1n) is 12.7. The van der Waals surface area contributed by atoms with Crippen molar-refractivity contribution >= 4 is 51.6 Å². The summed E-state index contributed by atoms with van der Waals surface area (Å²) in [6.45, 7) is 0. The van der Waals surface area contributed by atoms with Gasteiger partial charge >= 0.3 is 5.97 Å². The zero-order valence-electron chi connectivity index (χ0n) is 21.3. The van der Waals surface area contributed by atoms with Crippen molar-refractivity contribution in [3.8, 4) is 6.07 Å². The molecule has 0 saturated heterocycles. The van der Waals surface area contributed by atoms with Crippen LogP contribution in [0.5, 0.6) is 0 Å². The molecule has 0 saturated carbocycles. The highest BCUT2D eigenvalue weighted by molar-refractivity contribution is 8.00. The van der Waals surface area contributed by atoms with E-state index in [4.69, 9.17) is 0 Å².